The molecule has 0 radical (unpaired) electrons. The summed E-state index contributed by atoms with van der Waals surface area (Å²) in [4.78, 5) is 12.3. The number of benzene rings is 1. The number of rotatable bonds is 4. The van der Waals surface area contributed by atoms with Gasteiger partial charge in [0.1, 0.15) is 6.07 Å². The van der Waals surface area contributed by atoms with Crippen molar-refractivity contribution in [3.8, 4) is 6.07 Å². The molecule has 5 heteroatoms. The van der Waals surface area contributed by atoms with Gasteiger partial charge in [0.05, 0.1) is 11.3 Å². The molecule has 21 heavy (non-hydrogen) atoms. The fraction of sp³-hybridized carbons (Fsp3) is 0.500. The van der Waals surface area contributed by atoms with Crippen molar-refractivity contribution in [1.29, 1.82) is 5.26 Å². The number of nitrogens with zero attached hydrogens (tertiary/aromatic N) is 1. The van der Waals surface area contributed by atoms with Gasteiger partial charge in [-0.2, -0.15) is 5.26 Å². The van der Waals surface area contributed by atoms with Crippen LogP contribution in [0.15, 0.2) is 22.7 Å². The van der Waals surface area contributed by atoms with E-state index in [1.54, 1.807) is 12.1 Å². The molecule has 1 fully saturated rings. The summed E-state index contributed by atoms with van der Waals surface area (Å²) in [5, 5.41) is 15.4. The van der Waals surface area contributed by atoms with E-state index in [1.165, 1.54) is 6.42 Å². The summed E-state index contributed by atoms with van der Waals surface area (Å²) < 4.78 is 0.830. The van der Waals surface area contributed by atoms with Crippen molar-refractivity contribution in [3.63, 3.8) is 0 Å². The second-order valence-electron chi connectivity index (χ2n) is 5.62. The van der Waals surface area contributed by atoms with Gasteiger partial charge >= 0.3 is 0 Å². The maximum atomic E-state index is 12.3. The third-order valence-corrected chi connectivity index (χ3v) is 4.71. The number of nitriles is 1. The molecule has 0 aromatic heterocycles. The van der Waals surface area contributed by atoms with Crippen LogP contribution in [0.4, 0.5) is 5.69 Å². The van der Waals surface area contributed by atoms with E-state index in [0.29, 0.717) is 17.7 Å². The Morgan fingerprint density at radius 2 is 2.10 bits per heavy atom. The summed E-state index contributed by atoms with van der Waals surface area (Å²) in [6.07, 6.45) is 6.08. The van der Waals surface area contributed by atoms with Crippen LogP contribution in [-0.4, -0.2) is 18.5 Å². The number of nitrogens with one attached hydrogen (secondary N) is 2. The van der Waals surface area contributed by atoms with E-state index in [2.05, 4.69) is 32.6 Å². The second kappa shape index (κ2) is 7.06. The van der Waals surface area contributed by atoms with Crippen LogP contribution in [0.1, 0.15) is 44.1 Å². The molecule has 0 atom stereocenters. The predicted octanol–water partition coefficient (Wildman–Crippen LogP) is 3.57. The van der Waals surface area contributed by atoms with Crippen molar-refractivity contribution in [2.24, 2.45) is 0 Å². The lowest BCUT2D eigenvalue weighted by atomic mass is 9.79. The zero-order valence-corrected chi connectivity index (χ0v) is 13.8. The van der Waals surface area contributed by atoms with Gasteiger partial charge < -0.3 is 10.6 Å². The third kappa shape index (κ3) is 4.05. The van der Waals surface area contributed by atoms with Crippen molar-refractivity contribution in [3.05, 3.63) is 28.2 Å². The van der Waals surface area contributed by atoms with E-state index < -0.39 is 0 Å². The standard InChI is InChI=1S/C16H20BrN3O/c1-19-16(7-3-2-4-8-16)10-15(21)20-14-6-5-13(17)9-12(14)11-18/h5-6,9,19H,2-4,7-8,10H2,1H3,(H,20,21). The molecule has 2 N–H and O–H groups in total. The molecule has 0 bridgehead atoms. The zero-order valence-electron chi connectivity index (χ0n) is 12.2. The molecule has 1 aromatic carbocycles. The minimum Gasteiger partial charge on any atom is -0.325 e. The number of carbonyl (C=O) groups excluding carboxylic acids is 1. The fourth-order valence-electron chi connectivity index (χ4n) is 2.96. The molecular formula is C16H20BrN3O. The van der Waals surface area contributed by atoms with Gasteiger partial charge in [0.2, 0.25) is 5.91 Å². The van der Waals surface area contributed by atoms with Gasteiger partial charge in [0, 0.05) is 16.4 Å². The smallest absolute Gasteiger partial charge is 0.226 e. The van der Waals surface area contributed by atoms with Gasteiger partial charge in [-0.15, -0.1) is 0 Å². The van der Waals surface area contributed by atoms with E-state index in [0.717, 1.165) is 30.2 Å². The van der Waals surface area contributed by atoms with E-state index in [-0.39, 0.29) is 11.4 Å². The Hall–Kier alpha value is -1.38. The lowest BCUT2D eigenvalue weighted by Crippen LogP contribution is -2.47. The molecular weight excluding hydrogens is 330 g/mol. The largest absolute Gasteiger partial charge is 0.325 e. The molecule has 0 saturated heterocycles. The van der Waals surface area contributed by atoms with Crippen molar-refractivity contribution >= 4 is 27.5 Å². The highest BCUT2D eigenvalue weighted by molar-refractivity contribution is 9.10. The summed E-state index contributed by atoms with van der Waals surface area (Å²) >= 11 is 3.33. The summed E-state index contributed by atoms with van der Waals surface area (Å²) in [6, 6.07) is 7.40. The molecule has 2 rings (SSSR count). The summed E-state index contributed by atoms with van der Waals surface area (Å²) in [5.41, 5.74) is 0.956. The molecule has 0 heterocycles. The Kier molecular flexibility index (Phi) is 5.38. The number of anilines is 1. The normalized spacial score (nSPS) is 17.0. The Morgan fingerprint density at radius 1 is 1.38 bits per heavy atom. The van der Waals surface area contributed by atoms with E-state index in [4.69, 9.17) is 5.26 Å². The minimum atomic E-state index is -0.0928. The monoisotopic (exact) mass is 349 g/mol. The Labute approximate surface area is 134 Å². The first-order chi connectivity index (χ1) is 10.1. The van der Waals surface area contributed by atoms with E-state index >= 15 is 0 Å². The Bertz CT molecular complexity index is 559. The molecule has 0 aliphatic heterocycles. The molecule has 4 nitrogen and oxygen atoms in total. The molecule has 1 aliphatic carbocycles. The van der Waals surface area contributed by atoms with Crippen LogP contribution >= 0.6 is 15.9 Å². The lowest BCUT2D eigenvalue weighted by Gasteiger charge is -2.36. The molecule has 112 valence electrons. The Balaban J connectivity index is 2.06. The SMILES string of the molecule is CNC1(CC(=O)Nc2ccc(Br)cc2C#N)CCCCC1. The molecule has 1 aliphatic rings. The molecule has 0 unspecified atom stereocenters. The average molecular weight is 350 g/mol. The highest BCUT2D eigenvalue weighted by atomic mass is 79.9. The molecule has 1 aromatic rings. The van der Waals surface area contributed by atoms with Gasteiger partial charge in [-0.25, -0.2) is 0 Å². The first-order valence-corrected chi connectivity index (χ1v) is 8.06. The number of hydrogen-bond donors (Lipinski definition) is 2. The quantitative estimate of drug-likeness (QED) is 0.873. The lowest BCUT2D eigenvalue weighted by molar-refractivity contribution is -0.117. The first kappa shape index (κ1) is 16.0. The van der Waals surface area contributed by atoms with E-state index in [9.17, 15) is 4.79 Å². The van der Waals surface area contributed by atoms with Gasteiger partial charge in [-0.3, -0.25) is 4.79 Å². The average Bonchev–Trinajstić information content (AvgIpc) is 2.50. The predicted molar refractivity (Wildman–Crippen MR) is 87.0 cm³/mol. The molecule has 0 spiro atoms. The van der Waals surface area contributed by atoms with Gasteiger partial charge in [-0.1, -0.05) is 35.2 Å². The maximum Gasteiger partial charge on any atom is 0.226 e. The van der Waals surface area contributed by atoms with Crippen LogP contribution in [0.3, 0.4) is 0 Å². The van der Waals surface area contributed by atoms with Gasteiger partial charge in [-0.05, 0) is 38.1 Å². The van der Waals surface area contributed by atoms with Crippen molar-refractivity contribution in [2.75, 3.05) is 12.4 Å². The minimum absolute atomic E-state index is 0.0370. The highest BCUT2D eigenvalue weighted by Gasteiger charge is 2.32. The number of carbonyl (C=O) groups is 1. The summed E-state index contributed by atoms with van der Waals surface area (Å²) in [5.74, 6) is -0.0370. The fourth-order valence-corrected chi connectivity index (χ4v) is 3.32. The highest BCUT2D eigenvalue weighted by Crippen LogP contribution is 2.31. The maximum absolute atomic E-state index is 12.3. The van der Waals surface area contributed by atoms with Gasteiger partial charge in [0.25, 0.3) is 0 Å². The van der Waals surface area contributed by atoms with Crippen molar-refractivity contribution in [1.82, 2.24) is 5.32 Å². The van der Waals surface area contributed by atoms with Crippen LogP contribution in [0.5, 0.6) is 0 Å². The topological polar surface area (TPSA) is 64.9 Å². The second-order valence-corrected chi connectivity index (χ2v) is 6.53. The number of hydrogen-bond acceptors (Lipinski definition) is 3. The van der Waals surface area contributed by atoms with Crippen molar-refractivity contribution < 1.29 is 4.79 Å². The molecule has 1 saturated carbocycles. The van der Waals surface area contributed by atoms with Crippen LogP contribution < -0.4 is 10.6 Å². The number of halogens is 1. The Morgan fingerprint density at radius 3 is 2.71 bits per heavy atom. The van der Waals surface area contributed by atoms with Crippen LogP contribution in [0.25, 0.3) is 0 Å². The molecule has 1 amide bonds. The summed E-state index contributed by atoms with van der Waals surface area (Å²) in [6.45, 7) is 0. The van der Waals surface area contributed by atoms with Crippen LogP contribution in [-0.2, 0) is 4.79 Å². The van der Waals surface area contributed by atoms with Crippen LogP contribution in [0.2, 0.25) is 0 Å². The van der Waals surface area contributed by atoms with Crippen molar-refractivity contribution in [2.45, 2.75) is 44.1 Å². The third-order valence-electron chi connectivity index (χ3n) is 4.22. The number of amides is 1. The van der Waals surface area contributed by atoms with Crippen LogP contribution in [0, 0.1) is 11.3 Å². The van der Waals surface area contributed by atoms with Gasteiger partial charge in [0.15, 0.2) is 0 Å². The first-order valence-electron chi connectivity index (χ1n) is 7.27. The van der Waals surface area contributed by atoms with E-state index in [1.807, 2.05) is 13.1 Å². The summed E-state index contributed by atoms with van der Waals surface area (Å²) in [7, 11) is 1.93. The zero-order chi connectivity index (χ0) is 15.3.